The molecule has 0 radical (unpaired) electrons. The van der Waals surface area contributed by atoms with E-state index in [9.17, 15) is 0 Å². The second kappa shape index (κ2) is 21.8. The first-order chi connectivity index (χ1) is 37.7. The first-order valence-corrected chi connectivity index (χ1v) is 25.7. The van der Waals surface area contributed by atoms with Crippen molar-refractivity contribution in [2.24, 2.45) is 0 Å². The van der Waals surface area contributed by atoms with Crippen LogP contribution in [-0.4, -0.2) is 0 Å². The number of nitrogens with zero attached hydrogens (tertiary/aromatic N) is 4. The van der Waals surface area contributed by atoms with E-state index in [4.69, 9.17) is 0 Å². The van der Waals surface area contributed by atoms with Crippen molar-refractivity contribution in [2.45, 2.75) is 0 Å². The Labute approximate surface area is 446 Å². The highest BCUT2D eigenvalue weighted by Crippen LogP contribution is 2.41. The van der Waals surface area contributed by atoms with Crippen molar-refractivity contribution >= 4 is 68.2 Å². The molecule has 0 aliphatic carbocycles. The number of benzene rings is 11. The van der Waals surface area contributed by atoms with Crippen molar-refractivity contribution in [3.05, 3.63) is 328 Å². The molecule has 0 aliphatic heterocycles. The molecule has 0 atom stereocenters. The number of rotatable bonds is 15. The summed E-state index contributed by atoms with van der Waals surface area (Å²) in [6.45, 7) is 0. The van der Waals surface area contributed by atoms with Gasteiger partial charge in [-0.2, -0.15) is 0 Å². The first-order valence-electron chi connectivity index (χ1n) is 25.7. The SMILES string of the molecule is c1ccc(N(c2ccc(-c3ccc(N(c4ccccc4)c4ccccc4)cc3)cc2)c2ccc(-c3ccc(N(c4ccccc4)c4ccc(-c5ccc(N(c6ccccc6)c6ccccc6)cc5)cc4)cc3)cc2)cc#1. The Kier molecular flexibility index (Phi) is 13.4. The summed E-state index contributed by atoms with van der Waals surface area (Å²) in [7, 11) is 0. The van der Waals surface area contributed by atoms with Crippen LogP contribution in [-0.2, 0) is 0 Å². The molecule has 12 rings (SSSR count). The minimum absolute atomic E-state index is 1.01. The average molecular weight is 973 g/mol. The molecule has 0 unspecified atom stereocenters. The molecule has 0 saturated heterocycles. The molecule has 0 saturated carbocycles. The summed E-state index contributed by atoms with van der Waals surface area (Å²) in [4.78, 5) is 9.16. The van der Waals surface area contributed by atoms with Gasteiger partial charge in [-0.3, -0.25) is 0 Å². The molecular formula is C72H52N4. The predicted octanol–water partition coefficient (Wildman–Crippen LogP) is 20.2. The Hall–Kier alpha value is -10.3. The van der Waals surface area contributed by atoms with E-state index in [1.165, 1.54) is 0 Å². The fraction of sp³-hybridized carbons (Fsp3) is 0. The zero-order chi connectivity index (χ0) is 50.9. The fourth-order valence-corrected chi connectivity index (χ4v) is 9.97. The van der Waals surface area contributed by atoms with Gasteiger partial charge in [-0.05, 0) is 179 Å². The van der Waals surface area contributed by atoms with Crippen LogP contribution < -0.4 is 19.6 Å². The maximum absolute atomic E-state index is 3.18. The highest BCUT2D eigenvalue weighted by molar-refractivity contribution is 5.84. The normalized spacial score (nSPS) is 10.8. The van der Waals surface area contributed by atoms with Crippen molar-refractivity contribution in [1.29, 1.82) is 0 Å². The van der Waals surface area contributed by atoms with Gasteiger partial charge in [-0.25, -0.2) is 0 Å². The molecule has 0 spiro atoms. The van der Waals surface area contributed by atoms with Gasteiger partial charge < -0.3 is 19.6 Å². The lowest BCUT2D eigenvalue weighted by atomic mass is 10.0. The van der Waals surface area contributed by atoms with Gasteiger partial charge in [0.05, 0.1) is 5.69 Å². The molecule has 0 fully saturated rings. The predicted molar refractivity (Wildman–Crippen MR) is 319 cm³/mol. The lowest BCUT2D eigenvalue weighted by Crippen LogP contribution is -2.10. The van der Waals surface area contributed by atoms with Crippen molar-refractivity contribution in [1.82, 2.24) is 0 Å². The average Bonchev–Trinajstić information content (AvgIpc) is 3.51. The fourth-order valence-electron chi connectivity index (χ4n) is 9.97. The van der Waals surface area contributed by atoms with Crippen LogP contribution in [0.3, 0.4) is 0 Å². The third-order valence-corrected chi connectivity index (χ3v) is 13.7. The molecule has 0 aromatic heterocycles. The number of hydrogen-bond donors (Lipinski definition) is 0. The Morgan fingerprint density at radius 2 is 0.342 bits per heavy atom. The van der Waals surface area contributed by atoms with Crippen LogP contribution in [0.4, 0.5) is 68.2 Å². The third-order valence-electron chi connectivity index (χ3n) is 13.7. The second-order valence-corrected chi connectivity index (χ2v) is 18.5. The van der Waals surface area contributed by atoms with Crippen molar-refractivity contribution in [3.63, 3.8) is 0 Å². The van der Waals surface area contributed by atoms with Crippen LogP contribution in [0.15, 0.2) is 315 Å². The third kappa shape index (κ3) is 10.1. The number of hydrogen-bond acceptors (Lipinski definition) is 4. The lowest BCUT2D eigenvalue weighted by Gasteiger charge is -2.26. The van der Waals surface area contributed by atoms with Crippen LogP contribution >= 0.6 is 0 Å². The van der Waals surface area contributed by atoms with E-state index in [0.717, 1.165) is 102 Å². The van der Waals surface area contributed by atoms with Gasteiger partial charge in [-0.15, -0.1) is 0 Å². The van der Waals surface area contributed by atoms with E-state index < -0.39 is 0 Å². The van der Waals surface area contributed by atoms with Gasteiger partial charge in [0.15, 0.2) is 0 Å². The second-order valence-electron chi connectivity index (χ2n) is 18.5. The van der Waals surface area contributed by atoms with Crippen molar-refractivity contribution in [2.75, 3.05) is 19.6 Å². The monoisotopic (exact) mass is 972 g/mol. The van der Waals surface area contributed by atoms with Crippen LogP contribution in [0.5, 0.6) is 0 Å². The highest BCUT2D eigenvalue weighted by atomic mass is 15.2. The molecule has 76 heavy (non-hydrogen) atoms. The summed E-state index contributed by atoms with van der Waals surface area (Å²) in [5.74, 6) is 0. The van der Waals surface area contributed by atoms with Gasteiger partial charge in [0, 0.05) is 68.6 Å². The molecule has 4 nitrogen and oxygen atoms in total. The molecular weight excluding hydrogens is 921 g/mol. The Morgan fingerprint density at radius 1 is 0.158 bits per heavy atom. The molecule has 0 bridgehead atoms. The summed E-state index contributed by atoms with van der Waals surface area (Å²) in [6, 6.07) is 118. The molecule has 4 heteroatoms. The van der Waals surface area contributed by atoms with Gasteiger partial charge in [-0.1, -0.05) is 176 Å². The van der Waals surface area contributed by atoms with Crippen LogP contribution in [0.25, 0.3) is 33.4 Å². The highest BCUT2D eigenvalue weighted by Gasteiger charge is 2.18. The summed E-state index contributed by atoms with van der Waals surface area (Å²) in [5, 5.41) is 0. The summed E-state index contributed by atoms with van der Waals surface area (Å²) < 4.78 is 0. The standard InChI is InChI=1S/C72H52N4/c1-7-19-61(20-8-1)73(62-21-9-2-10-22-62)67-43-31-55(32-44-67)57-35-47-69(48-36-57)75(65-27-15-5-16-28-65)71-51-39-59(40-52-71)60-41-53-72(54-42-60)76(66-29-17-6-18-30-66)70-49-37-58(38-50-70)56-33-45-68(46-34-56)74(63-23-11-3-12-24-63)64-25-13-4-14-26-64/h1-5,7-17,19-54H. The molecule has 0 heterocycles. The van der Waals surface area contributed by atoms with Crippen molar-refractivity contribution < 1.29 is 0 Å². The summed E-state index contributed by atoms with van der Waals surface area (Å²) >= 11 is 0. The van der Waals surface area contributed by atoms with Crippen molar-refractivity contribution in [3.8, 4) is 33.4 Å². The minimum Gasteiger partial charge on any atom is -0.311 e. The maximum atomic E-state index is 3.18. The Morgan fingerprint density at radius 3 is 0.526 bits per heavy atom. The molecule has 360 valence electrons. The van der Waals surface area contributed by atoms with E-state index in [1.807, 2.05) is 12.1 Å². The lowest BCUT2D eigenvalue weighted by molar-refractivity contribution is 1.28. The van der Waals surface area contributed by atoms with Gasteiger partial charge >= 0.3 is 0 Å². The zero-order valence-corrected chi connectivity index (χ0v) is 41.8. The molecule has 0 N–H and O–H groups in total. The van der Waals surface area contributed by atoms with Crippen LogP contribution in [0.1, 0.15) is 0 Å². The van der Waals surface area contributed by atoms with Gasteiger partial charge in [0.25, 0.3) is 0 Å². The Balaban J connectivity index is 0.772. The minimum atomic E-state index is 1.01. The van der Waals surface area contributed by atoms with E-state index in [1.54, 1.807) is 0 Å². The van der Waals surface area contributed by atoms with Gasteiger partial charge in [0.1, 0.15) is 0 Å². The summed E-state index contributed by atoms with van der Waals surface area (Å²) in [6.07, 6.45) is 0. The van der Waals surface area contributed by atoms with E-state index in [-0.39, 0.29) is 0 Å². The van der Waals surface area contributed by atoms with Crippen LogP contribution in [0.2, 0.25) is 0 Å². The molecule has 12 aromatic carbocycles. The molecule has 0 aliphatic rings. The quantitative estimate of drug-likeness (QED) is 0.101. The first kappa shape index (κ1) is 46.7. The number of para-hydroxylation sites is 5. The number of anilines is 12. The van der Waals surface area contributed by atoms with Crippen LogP contribution in [0, 0.1) is 12.1 Å². The molecule has 0 amide bonds. The van der Waals surface area contributed by atoms with Gasteiger partial charge in [0.2, 0.25) is 0 Å². The maximum Gasteiger partial charge on any atom is 0.0551 e. The Bertz CT molecular complexity index is 3390. The topological polar surface area (TPSA) is 13.0 Å². The largest absolute Gasteiger partial charge is 0.311 e. The van der Waals surface area contributed by atoms with E-state index in [0.29, 0.717) is 0 Å². The zero-order valence-electron chi connectivity index (χ0n) is 41.8. The van der Waals surface area contributed by atoms with E-state index in [2.05, 4.69) is 335 Å². The van der Waals surface area contributed by atoms with E-state index >= 15 is 0 Å². The molecule has 12 aromatic rings. The smallest absolute Gasteiger partial charge is 0.0551 e. The summed E-state index contributed by atoms with van der Waals surface area (Å²) in [5.41, 5.74) is 19.9.